The predicted molar refractivity (Wildman–Crippen MR) is 57.1 cm³/mol. The average molecular weight is 279 g/mol. The average Bonchev–Trinajstić information content (AvgIpc) is 2.73. The summed E-state index contributed by atoms with van der Waals surface area (Å²) in [7, 11) is -3.90. The first-order chi connectivity index (χ1) is 7.99. The molecule has 0 saturated carbocycles. The van der Waals surface area contributed by atoms with Crippen molar-refractivity contribution < 1.29 is 38.0 Å². The summed E-state index contributed by atoms with van der Waals surface area (Å²) in [6, 6.07) is 1.75. The van der Waals surface area contributed by atoms with Gasteiger partial charge in [0.15, 0.2) is 0 Å². The number of hydrogen-bond acceptors (Lipinski definition) is 4. The van der Waals surface area contributed by atoms with Crippen LogP contribution in [0.25, 0.3) is 26.4 Å². The molecule has 0 fully saturated rings. The molecule has 1 aromatic rings. The van der Waals surface area contributed by atoms with Crippen molar-refractivity contribution >= 4 is 10.2 Å². The maximum atomic E-state index is 10.8. The Morgan fingerprint density at radius 1 is 1.44 bits per heavy atom. The number of rotatable bonds is 2. The van der Waals surface area contributed by atoms with E-state index in [1.165, 1.54) is 24.2 Å². The van der Waals surface area contributed by atoms with Crippen LogP contribution in [-0.4, -0.2) is 17.4 Å². The van der Waals surface area contributed by atoms with Crippen LogP contribution in [0, 0.1) is 11.3 Å². The van der Waals surface area contributed by atoms with Crippen molar-refractivity contribution in [1.29, 1.82) is 5.26 Å². The molecule has 18 heavy (non-hydrogen) atoms. The van der Waals surface area contributed by atoms with Crippen LogP contribution in [0.5, 0.6) is 0 Å². The Labute approximate surface area is 125 Å². The molecule has 0 aliphatic heterocycles. The molecule has 0 saturated heterocycles. The van der Waals surface area contributed by atoms with Gasteiger partial charge in [-0.05, 0) is 5.53 Å². The summed E-state index contributed by atoms with van der Waals surface area (Å²) in [6.45, 7) is 1.43. The van der Waals surface area contributed by atoms with Gasteiger partial charge in [-0.3, -0.25) is 4.91 Å². The van der Waals surface area contributed by atoms with Gasteiger partial charge in [0.05, 0.1) is 10.6 Å². The van der Waals surface area contributed by atoms with Crippen molar-refractivity contribution in [2.75, 3.05) is 0 Å². The first kappa shape index (κ1) is 21.5. The summed E-state index contributed by atoms with van der Waals surface area (Å²) in [4.78, 5) is 7.12. The second kappa shape index (κ2) is 13.3. The Bertz CT molecular complexity index is 532. The molecule has 1 rings (SSSR count). The Kier molecular flexibility index (Phi) is 16.0. The van der Waals surface area contributed by atoms with Gasteiger partial charge in [0.1, 0.15) is 6.33 Å². The van der Waals surface area contributed by atoms with Crippen molar-refractivity contribution in [2.24, 2.45) is 4.52 Å². The third-order valence-corrected chi connectivity index (χ3v) is 1.91. The van der Waals surface area contributed by atoms with E-state index in [0.717, 1.165) is 6.33 Å². The van der Waals surface area contributed by atoms with Crippen LogP contribution in [-0.2, 0) is 10.2 Å². The summed E-state index contributed by atoms with van der Waals surface area (Å²) in [5.74, 6) is 0. The smallest absolute Gasteiger partial charge is 0.373 e. The Hall–Kier alpha value is -1.73. The molecule has 1 heterocycles. The van der Waals surface area contributed by atoms with E-state index in [4.69, 9.17) is 21.9 Å². The molecular formula is C5H6N9NaO2S. The molecule has 0 N–H and O–H groups in total. The number of azide groups is 1. The number of imidazole rings is 1. The minimum Gasteiger partial charge on any atom is -0.373 e. The first-order valence-electron chi connectivity index (χ1n) is 3.59. The van der Waals surface area contributed by atoms with Gasteiger partial charge >= 0.3 is 39.8 Å². The Morgan fingerprint density at radius 2 is 1.89 bits per heavy atom. The van der Waals surface area contributed by atoms with Gasteiger partial charge in [0.2, 0.25) is 0 Å². The summed E-state index contributed by atoms with van der Waals surface area (Å²) in [5.41, 5.74) is 21.3. The third-order valence-electron chi connectivity index (χ3n) is 0.886. The van der Waals surface area contributed by atoms with Crippen LogP contribution in [0.3, 0.4) is 0 Å². The largest absolute Gasteiger partial charge is 1.00 e. The molecule has 1 aromatic heterocycles. The second-order valence-corrected chi connectivity index (χ2v) is 3.34. The van der Waals surface area contributed by atoms with E-state index >= 15 is 0 Å². The molecule has 0 atom stereocenters. The summed E-state index contributed by atoms with van der Waals surface area (Å²) < 4.78 is 24.9. The molecule has 13 heteroatoms. The fourth-order valence-electron chi connectivity index (χ4n) is 0.472. The molecule has 90 valence electrons. The number of aromatic nitrogens is 2. The van der Waals surface area contributed by atoms with Crippen molar-refractivity contribution in [2.45, 2.75) is 6.92 Å². The molecule has 11 nitrogen and oxygen atoms in total. The van der Waals surface area contributed by atoms with E-state index in [2.05, 4.69) is 14.4 Å². The Morgan fingerprint density at radius 3 is 2.17 bits per heavy atom. The van der Waals surface area contributed by atoms with Crippen molar-refractivity contribution in [3.8, 4) is 6.07 Å². The van der Waals surface area contributed by atoms with E-state index in [1.54, 1.807) is 6.07 Å². The number of nitrogens with zero attached hydrogens (tertiary/aromatic N) is 9. The zero-order chi connectivity index (χ0) is 13.7. The molecule has 0 radical (unpaired) electrons. The van der Waals surface area contributed by atoms with Gasteiger partial charge in [-0.2, -0.15) is 13.7 Å². The van der Waals surface area contributed by atoms with Crippen molar-refractivity contribution in [3.05, 3.63) is 45.1 Å². The Balaban J connectivity index is -0.000000276. The number of nitriles is 1. The maximum Gasteiger partial charge on any atom is 1.00 e. The fraction of sp³-hybridized carbons (Fsp3) is 0.200. The van der Waals surface area contributed by atoms with Crippen LogP contribution in [0.1, 0.15) is 6.92 Å². The van der Waals surface area contributed by atoms with E-state index in [1.807, 2.05) is 0 Å². The van der Waals surface area contributed by atoms with Crippen LogP contribution in [0.15, 0.2) is 23.2 Å². The van der Waals surface area contributed by atoms with Gasteiger partial charge in [-0.15, -0.1) is 0 Å². The molecule has 0 aliphatic rings. The minimum atomic E-state index is -3.90. The SMILES string of the molecule is CC#N.[N-]=[N+]=NS(=O)(=O)n1ccnc1.[N-]=[N+]=[N-].[Na+]. The maximum absolute atomic E-state index is 10.8. The van der Waals surface area contributed by atoms with E-state index < -0.39 is 10.2 Å². The predicted octanol–water partition coefficient (Wildman–Crippen LogP) is -1.31. The van der Waals surface area contributed by atoms with Crippen molar-refractivity contribution in [1.82, 2.24) is 8.96 Å². The molecule has 0 aromatic carbocycles. The second-order valence-electron chi connectivity index (χ2n) is 1.85. The van der Waals surface area contributed by atoms with Crippen LogP contribution in [0.4, 0.5) is 0 Å². The normalized spacial score (nSPS) is 7.33. The summed E-state index contributed by atoms with van der Waals surface area (Å²) in [6.07, 6.45) is 3.47. The van der Waals surface area contributed by atoms with Crippen LogP contribution >= 0.6 is 0 Å². The van der Waals surface area contributed by atoms with Gasteiger partial charge in [-0.25, -0.2) is 8.96 Å². The van der Waals surface area contributed by atoms with E-state index in [9.17, 15) is 8.42 Å². The fourth-order valence-corrected chi connectivity index (χ4v) is 1.03. The van der Waals surface area contributed by atoms with Gasteiger partial charge in [0, 0.05) is 24.2 Å². The summed E-state index contributed by atoms with van der Waals surface area (Å²) in [5, 5.41) is 7.32. The van der Waals surface area contributed by atoms with E-state index in [0.29, 0.717) is 3.97 Å². The molecule has 0 unspecified atom stereocenters. The zero-order valence-electron chi connectivity index (χ0n) is 9.48. The van der Waals surface area contributed by atoms with Gasteiger partial charge in [0.25, 0.3) is 0 Å². The van der Waals surface area contributed by atoms with Gasteiger partial charge in [-0.1, -0.05) is 0 Å². The number of hydrogen-bond donors (Lipinski definition) is 0. The van der Waals surface area contributed by atoms with Gasteiger partial charge < -0.3 is 11.1 Å². The molecule has 0 spiro atoms. The van der Waals surface area contributed by atoms with Crippen LogP contribution in [0.2, 0.25) is 0 Å². The minimum absolute atomic E-state index is 0. The molecule has 0 amide bonds. The topological polar surface area (TPSA) is 183 Å². The first-order valence-corrected chi connectivity index (χ1v) is 4.99. The molecule has 0 bridgehead atoms. The van der Waals surface area contributed by atoms with Crippen molar-refractivity contribution in [3.63, 3.8) is 0 Å². The zero-order valence-corrected chi connectivity index (χ0v) is 12.3. The molecule has 0 aliphatic carbocycles. The van der Waals surface area contributed by atoms with E-state index in [-0.39, 0.29) is 29.6 Å². The monoisotopic (exact) mass is 279 g/mol. The summed E-state index contributed by atoms with van der Waals surface area (Å²) >= 11 is 0. The van der Waals surface area contributed by atoms with Crippen LogP contribution < -0.4 is 29.6 Å². The third kappa shape index (κ3) is 10.8. The standard InChI is InChI=1S/C3H3N5O2S.C2H3N.N3.Na/c4-6-7-11(9,10)8-2-1-5-3-8;1-2-3;1-3-2;/h1-3H;1H3;;/q;;-1;+1. The quantitative estimate of drug-likeness (QED) is 0.281. The molecular weight excluding hydrogens is 273 g/mol.